The number of aryl methyl sites for hydroxylation is 2. The fourth-order valence-electron chi connectivity index (χ4n) is 1.72. The van der Waals surface area contributed by atoms with Crippen LogP contribution in [0.1, 0.15) is 22.2 Å². The molecule has 0 aliphatic heterocycles. The van der Waals surface area contributed by atoms with E-state index in [2.05, 4.69) is 24.4 Å². The molecule has 0 spiro atoms. The summed E-state index contributed by atoms with van der Waals surface area (Å²) in [5, 5.41) is 3.39. The monoisotopic (exact) mass is 246 g/mol. The van der Waals surface area contributed by atoms with Crippen LogP contribution in [0.3, 0.4) is 0 Å². The highest BCUT2D eigenvalue weighted by Crippen LogP contribution is 2.24. The number of hydrogen-bond acceptors (Lipinski definition) is 3. The van der Waals surface area contributed by atoms with Crippen LogP contribution in [0.5, 0.6) is 0 Å². The van der Waals surface area contributed by atoms with Crippen molar-refractivity contribution in [3.05, 3.63) is 45.6 Å². The zero-order valence-electron chi connectivity index (χ0n) is 10.3. The Kier molecular flexibility index (Phi) is 3.69. The second kappa shape index (κ2) is 5.23. The van der Waals surface area contributed by atoms with Gasteiger partial charge in [0.05, 0.1) is 11.4 Å². The summed E-state index contributed by atoms with van der Waals surface area (Å²) in [6, 6.07) is 10.5. The Morgan fingerprint density at radius 3 is 2.65 bits per heavy atom. The van der Waals surface area contributed by atoms with Crippen LogP contribution in [0.15, 0.2) is 30.3 Å². The van der Waals surface area contributed by atoms with E-state index in [1.54, 1.807) is 0 Å². The van der Waals surface area contributed by atoms with Crippen LogP contribution in [0.4, 0.5) is 11.4 Å². The third-order valence-corrected chi connectivity index (χ3v) is 4.07. The van der Waals surface area contributed by atoms with E-state index in [0.29, 0.717) is 0 Å². The highest BCUT2D eigenvalue weighted by Gasteiger charge is 2.02. The van der Waals surface area contributed by atoms with Gasteiger partial charge in [0.15, 0.2) is 0 Å². The standard InChI is InChI=1S/C14H18N2S/c1-3-11-7-8-12(17-11)9-16-13-6-4-5-10(2)14(13)15/h4-8,16H,3,9,15H2,1-2H3. The highest BCUT2D eigenvalue weighted by molar-refractivity contribution is 7.12. The van der Waals surface area contributed by atoms with Gasteiger partial charge in [0, 0.05) is 16.3 Å². The third kappa shape index (κ3) is 2.80. The van der Waals surface area contributed by atoms with Crippen LogP contribution in [0.2, 0.25) is 0 Å². The molecule has 0 radical (unpaired) electrons. The molecule has 1 aromatic carbocycles. The number of thiophene rings is 1. The van der Waals surface area contributed by atoms with Crippen LogP contribution in [0, 0.1) is 6.92 Å². The van der Waals surface area contributed by atoms with Gasteiger partial charge in [0.1, 0.15) is 0 Å². The molecule has 90 valence electrons. The Bertz CT molecular complexity index is 503. The summed E-state index contributed by atoms with van der Waals surface area (Å²) in [6.45, 7) is 5.06. The molecule has 1 heterocycles. The van der Waals surface area contributed by atoms with Gasteiger partial charge in [-0.25, -0.2) is 0 Å². The van der Waals surface area contributed by atoms with Crippen molar-refractivity contribution in [2.24, 2.45) is 0 Å². The predicted octanol–water partition coefficient (Wildman–Crippen LogP) is 3.81. The first-order valence-corrected chi connectivity index (χ1v) is 6.69. The molecule has 0 aliphatic carbocycles. The van der Waals surface area contributed by atoms with E-state index in [1.165, 1.54) is 9.75 Å². The lowest BCUT2D eigenvalue weighted by atomic mass is 10.2. The van der Waals surface area contributed by atoms with E-state index in [-0.39, 0.29) is 0 Å². The Balaban J connectivity index is 2.04. The van der Waals surface area contributed by atoms with Crippen molar-refractivity contribution >= 4 is 22.7 Å². The zero-order valence-corrected chi connectivity index (χ0v) is 11.1. The van der Waals surface area contributed by atoms with Gasteiger partial charge in [0.2, 0.25) is 0 Å². The van der Waals surface area contributed by atoms with Crippen molar-refractivity contribution in [3.8, 4) is 0 Å². The molecule has 17 heavy (non-hydrogen) atoms. The molecule has 0 saturated carbocycles. The summed E-state index contributed by atoms with van der Waals surface area (Å²) in [5.74, 6) is 0. The number of anilines is 2. The Hall–Kier alpha value is -1.48. The van der Waals surface area contributed by atoms with Crippen LogP contribution < -0.4 is 11.1 Å². The van der Waals surface area contributed by atoms with Gasteiger partial charge in [-0.15, -0.1) is 11.3 Å². The molecule has 0 fully saturated rings. The number of nitrogen functional groups attached to an aromatic ring is 1. The first-order valence-electron chi connectivity index (χ1n) is 5.87. The van der Waals surface area contributed by atoms with E-state index in [1.807, 2.05) is 36.5 Å². The van der Waals surface area contributed by atoms with Crippen LogP contribution >= 0.6 is 11.3 Å². The SMILES string of the molecule is CCc1ccc(CNc2cccc(C)c2N)s1. The molecule has 0 atom stereocenters. The summed E-state index contributed by atoms with van der Waals surface area (Å²) in [6.07, 6.45) is 1.11. The first kappa shape index (κ1) is 12.0. The van der Waals surface area contributed by atoms with Crippen LogP contribution in [0.25, 0.3) is 0 Å². The van der Waals surface area contributed by atoms with E-state index < -0.39 is 0 Å². The molecule has 3 heteroatoms. The van der Waals surface area contributed by atoms with Crippen LogP contribution in [-0.4, -0.2) is 0 Å². The lowest BCUT2D eigenvalue weighted by Gasteiger charge is -2.10. The number of benzene rings is 1. The minimum atomic E-state index is 0.846. The summed E-state index contributed by atoms with van der Waals surface area (Å²) >= 11 is 1.86. The second-order valence-corrected chi connectivity index (χ2v) is 5.36. The number of hydrogen-bond donors (Lipinski definition) is 2. The van der Waals surface area contributed by atoms with Crippen molar-refractivity contribution in [1.82, 2.24) is 0 Å². The first-order chi connectivity index (χ1) is 8.20. The topological polar surface area (TPSA) is 38.0 Å². The number of rotatable bonds is 4. The van der Waals surface area contributed by atoms with Crippen LogP contribution in [-0.2, 0) is 13.0 Å². The largest absolute Gasteiger partial charge is 0.397 e. The third-order valence-electron chi connectivity index (χ3n) is 2.84. The van der Waals surface area contributed by atoms with Gasteiger partial charge >= 0.3 is 0 Å². The summed E-state index contributed by atoms with van der Waals surface area (Å²) in [7, 11) is 0. The van der Waals surface area contributed by atoms with Crippen molar-refractivity contribution < 1.29 is 0 Å². The van der Waals surface area contributed by atoms with E-state index in [9.17, 15) is 0 Å². The van der Waals surface area contributed by atoms with Gasteiger partial charge in [0.25, 0.3) is 0 Å². The van der Waals surface area contributed by atoms with E-state index >= 15 is 0 Å². The minimum absolute atomic E-state index is 0.846. The van der Waals surface area contributed by atoms with Crippen molar-refractivity contribution in [2.45, 2.75) is 26.8 Å². The molecule has 0 bridgehead atoms. The minimum Gasteiger partial charge on any atom is -0.397 e. The maximum atomic E-state index is 6.02. The van der Waals surface area contributed by atoms with Gasteiger partial charge in [-0.3, -0.25) is 0 Å². The van der Waals surface area contributed by atoms with Gasteiger partial charge in [-0.05, 0) is 37.1 Å². The van der Waals surface area contributed by atoms with Gasteiger partial charge in [-0.1, -0.05) is 19.1 Å². The molecule has 0 amide bonds. The Morgan fingerprint density at radius 2 is 1.94 bits per heavy atom. The molecule has 0 aliphatic rings. The molecule has 3 N–H and O–H groups in total. The average Bonchev–Trinajstić information content (AvgIpc) is 2.79. The molecule has 0 saturated heterocycles. The van der Waals surface area contributed by atoms with Gasteiger partial charge < -0.3 is 11.1 Å². The second-order valence-electron chi connectivity index (χ2n) is 4.11. The number of nitrogens with one attached hydrogen (secondary N) is 1. The molecule has 0 unspecified atom stereocenters. The Labute approximate surface area is 106 Å². The van der Waals surface area contributed by atoms with E-state index in [4.69, 9.17) is 5.73 Å². The lowest BCUT2D eigenvalue weighted by Crippen LogP contribution is -2.02. The zero-order chi connectivity index (χ0) is 12.3. The molecule has 2 nitrogen and oxygen atoms in total. The van der Waals surface area contributed by atoms with Crippen molar-refractivity contribution in [1.29, 1.82) is 0 Å². The maximum Gasteiger partial charge on any atom is 0.0579 e. The molecule has 2 aromatic rings. The van der Waals surface area contributed by atoms with Crippen molar-refractivity contribution in [2.75, 3.05) is 11.1 Å². The smallest absolute Gasteiger partial charge is 0.0579 e. The number of nitrogens with two attached hydrogens (primary N) is 1. The molecular weight excluding hydrogens is 228 g/mol. The summed E-state index contributed by atoms with van der Waals surface area (Å²) in [5.41, 5.74) is 9.01. The average molecular weight is 246 g/mol. The number of para-hydroxylation sites is 1. The van der Waals surface area contributed by atoms with Gasteiger partial charge in [-0.2, -0.15) is 0 Å². The summed E-state index contributed by atoms with van der Waals surface area (Å²) in [4.78, 5) is 2.78. The lowest BCUT2D eigenvalue weighted by molar-refractivity contribution is 1.19. The molecular formula is C14H18N2S. The fourth-order valence-corrected chi connectivity index (χ4v) is 2.62. The Morgan fingerprint density at radius 1 is 1.18 bits per heavy atom. The predicted molar refractivity (Wildman–Crippen MR) is 76.6 cm³/mol. The quantitative estimate of drug-likeness (QED) is 0.805. The van der Waals surface area contributed by atoms with Crippen molar-refractivity contribution in [3.63, 3.8) is 0 Å². The molecule has 2 rings (SSSR count). The fraction of sp³-hybridized carbons (Fsp3) is 0.286. The van der Waals surface area contributed by atoms with E-state index in [0.717, 1.165) is 29.9 Å². The maximum absolute atomic E-state index is 6.02. The normalized spacial score (nSPS) is 10.5. The molecule has 1 aromatic heterocycles. The highest BCUT2D eigenvalue weighted by atomic mass is 32.1. The summed E-state index contributed by atoms with van der Waals surface area (Å²) < 4.78 is 0.